The maximum atomic E-state index is 13.5. The quantitative estimate of drug-likeness (QED) is 0.709. The number of nitrogens with zero attached hydrogens (tertiary/aromatic N) is 2. The summed E-state index contributed by atoms with van der Waals surface area (Å²) in [4.78, 5) is 30.3. The van der Waals surface area contributed by atoms with E-state index in [1.165, 1.54) is 5.56 Å². The average Bonchev–Trinajstić information content (AvgIpc) is 3.09. The number of piperidine rings is 1. The summed E-state index contributed by atoms with van der Waals surface area (Å²) in [5.41, 5.74) is 3.16. The second kappa shape index (κ2) is 9.03. The number of carbonyl (C=O) groups is 2. The van der Waals surface area contributed by atoms with Gasteiger partial charge in [-0.15, -0.1) is 0 Å². The van der Waals surface area contributed by atoms with Crippen molar-refractivity contribution in [3.05, 3.63) is 71.3 Å². The molecule has 0 N–H and O–H groups in total. The smallest absolute Gasteiger partial charge is 0.255 e. The largest absolute Gasteiger partial charge is 0.341 e. The zero-order valence-electron chi connectivity index (χ0n) is 18.1. The molecule has 30 heavy (non-hydrogen) atoms. The number of hydrogen-bond acceptors (Lipinski definition) is 2. The van der Waals surface area contributed by atoms with Gasteiger partial charge in [-0.2, -0.15) is 0 Å². The molecular weight excluding hydrogens is 372 g/mol. The molecule has 4 rings (SSSR count). The fourth-order valence-corrected chi connectivity index (χ4v) is 4.85. The number of hydrogen-bond donors (Lipinski definition) is 0. The maximum Gasteiger partial charge on any atom is 0.255 e. The van der Waals surface area contributed by atoms with Gasteiger partial charge < -0.3 is 9.80 Å². The van der Waals surface area contributed by atoms with Gasteiger partial charge >= 0.3 is 0 Å². The molecule has 1 saturated heterocycles. The second-order valence-electron chi connectivity index (χ2n) is 9.19. The van der Waals surface area contributed by atoms with Crippen molar-refractivity contribution < 1.29 is 9.59 Å². The highest BCUT2D eigenvalue weighted by atomic mass is 16.2. The van der Waals surface area contributed by atoms with Crippen molar-refractivity contribution in [2.45, 2.75) is 52.1 Å². The van der Waals surface area contributed by atoms with Gasteiger partial charge in [0.25, 0.3) is 5.91 Å². The van der Waals surface area contributed by atoms with Crippen molar-refractivity contribution in [1.82, 2.24) is 9.80 Å². The van der Waals surface area contributed by atoms with Crippen LogP contribution in [0.3, 0.4) is 0 Å². The van der Waals surface area contributed by atoms with Gasteiger partial charge in [0, 0.05) is 25.2 Å². The van der Waals surface area contributed by atoms with Crippen LogP contribution in [0.4, 0.5) is 0 Å². The van der Waals surface area contributed by atoms with Gasteiger partial charge in [-0.1, -0.05) is 62.4 Å². The summed E-state index contributed by atoms with van der Waals surface area (Å²) in [7, 11) is 0. The van der Waals surface area contributed by atoms with E-state index in [1.807, 2.05) is 34.1 Å². The van der Waals surface area contributed by atoms with E-state index in [9.17, 15) is 9.59 Å². The van der Waals surface area contributed by atoms with Gasteiger partial charge in [0.1, 0.15) is 6.04 Å². The van der Waals surface area contributed by atoms with Crippen LogP contribution in [0, 0.1) is 11.8 Å². The van der Waals surface area contributed by atoms with E-state index < -0.39 is 0 Å². The van der Waals surface area contributed by atoms with E-state index >= 15 is 0 Å². The highest BCUT2D eigenvalue weighted by molar-refractivity contribution is 6.01. The van der Waals surface area contributed by atoms with Crippen LogP contribution in [0.1, 0.15) is 54.6 Å². The molecule has 0 aliphatic carbocycles. The normalized spacial score (nSPS) is 18.0. The summed E-state index contributed by atoms with van der Waals surface area (Å²) < 4.78 is 0. The molecule has 2 aromatic rings. The highest BCUT2D eigenvalue weighted by Crippen LogP contribution is 2.29. The number of fused-ring (bicyclic) bond motifs is 1. The van der Waals surface area contributed by atoms with Crippen LogP contribution in [0.2, 0.25) is 0 Å². The van der Waals surface area contributed by atoms with Crippen molar-refractivity contribution in [2.75, 3.05) is 13.1 Å². The molecule has 0 unspecified atom stereocenters. The van der Waals surface area contributed by atoms with E-state index in [2.05, 4.69) is 44.2 Å². The molecule has 1 fully saturated rings. The molecule has 0 aromatic heterocycles. The van der Waals surface area contributed by atoms with Gasteiger partial charge in [-0.05, 0) is 54.7 Å². The first-order valence-corrected chi connectivity index (χ1v) is 11.2. The summed E-state index contributed by atoms with van der Waals surface area (Å²) >= 11 is 0. The lowest BCUT2D eigenvalue weighted by Crippen LogP contribution is -2.51. The molecule has 0 radical (unpaired) electrons. The summed E-state index contributed by atoms with van der Waals surface area (Å²) in [5, 5.41) is 0. The Morgan fingerprint density at radius 2 is 1.67 bits per heavy atom. The minimum atomic E-state index is -0.365. The molecule has 2 aromatic carbocycles. The van der Waals surface area contributed by atoms with Gasteiger partial charge in [0.2, 0.25) is 5.91 Å². The first-order valence-electron chi connectivity index (χ1n) is 11.2. The summed E-state index contributed by atoms with van der Waals surface area (Å²) in [6, 6.07) is 18.0. The van der Waals surface area contributed by atoms with Crippen LogP contribution in [0.25, 0.3) is 0 Å². The van der Waals surface area contributed by atoms with E-state index in [0.29, 0.717) is 24.8 Å². The van der Waals surface area contributed by atoms with Crippen LogP contribution < -0.4 is 0 Å². The SMILES string of the molecule is CC(C)C[C@H](C(=O)N1CCC(Cc2ccccc2)CC1)N1Cc2ccccc2C1=O. The third-order valence-electron chi connectivity index (χ3n) is 6.50. The van der Waals surface area contributed by atoms with Crippen LogP contribution >= 0.6 is 0 Å². The average molecular weight is 405 g/mol. The van der Waals surface area contributed by atoms with Crippen LogP contribution in [0.5, 0.6) is 0 Å². The summed E-state index contributed by atoms with van der Waals surface area (Å²) in [5.74, 6) is 1.11. The molecule has 158 valence electrons. The molecule has 2 amide bonds. The van der Waals surface area contributed by atoms with Gasteiger partial charge in [0.05, 0.1) is 0 Å². The third-order valence-corrected chi connectivity index (χ3v) is 6.50. The molecule has 2 aliphatic rings. The van der Waals surface area contributed by atoms with Gasteiger partial charge in [-0.3, -0.25) is 9.59 Å². The Labute approximate surface area is 179 Å². The Hall–Kier alpha value is -2.62. The molecule has 0 saturated carbocycles. The Bertz CT molecular complexity index is 885. The molecule has 0 spiro atoms. The monoisotopic (exact) mass is 404 g/mol. The molecule has 0 bridgehead atoms. The Kier molecular flexibility index (Phi) is 6.21. The number of amides is 2. The number of likely N-dealkylation sites (tertiary alicyclic amines) is 1. The van der Waals surface area contributed by atoms with Gasteiger partial charge in [0.15, 0.2) is 0 Å². The van der Waals surface area contributed by atoms with Crippen LogP contribution in [0.15, 0.2) is 54.6 Å². The van der Waals surface area contributed by atoms with Crippen molar-refractivity contribution in [2.24, 2.45) is 11.8 Å². The number of benzene rings is 2. The molecule has 2 aliphatic heterocycles. The number of carbonyl (C=O) groups excluding carboxylic acids is 2. The zero-order chi connectivity index (χ0) is 21.1. The molecule has 2 heterocycles. The van der Waals surface area contributed by atoms with Crippen molar-refractivity contribution >= 4 is 11.8 Å². The van der Waals surface area contributed by atoms with Crippen LogP contribution in [-0.4, -0.2) is 40.7 Å². The van der Waals surface area contributed by atoms with E-state index in [4.69, 9.17) is 0 Å². The molecular formula is C26H32N2O2. The first kappa shape index (κ1) is 20.6. The lowest BCUT2D eigenvalue weighted by atomic mass is 9.89. The van der Waals surface area contributed by atoms with Crippen LogP contribution in [-0.2, 0) is 17.8 Å². The van der Waals surface area contributed by atoms with Gasteiger partial charge in [-0.25, -0.2) is 0 Å². The second-order valence-corrected chi connectivity index (χ2v) is 9.19. The predicted molar refractivity (Wildman–Crippen MR) is 119 cm³/mol. The third kappa shape index (κ3) is 4.43. The Balaban J connectivity index is 1.42. The minimum Gasteiger partial charge on any atom is -0.341 e. The summed E-state index contributed by atoms with van der Waals surface area (Å²) in [6.07, 6.45) is 3.85. The summed E-state index contributed by atoms with van der Waals surface area (Å²) in [6.45, 7) is 6.38. The molecule has 4 heteroatoms. The van der Waals surface area contributed by atoms with E-state index in [-0.39, 0.29) is 17.9 Å². The highest BCUT2D eigenvalue weighted by Gasteiger charge is 2.39. The maximum absolute atomic E-state index is 13.5. The minimum absolute atomic E-state index is 0.00330. The lowest BCUT2D eigenvalue weighted by molar-refractivity contribution is -0.138. The van der Waals surface area contributed by atoms with Crippen molar-refractivity contribution in [1.29, 1.82) is 0 Å². The molecule has 4 nitrogen and oxygen atoms in total. The van der Waals surface area contributed by atoms with E-state index in [0.717, 1.165) is 43.5 Å². The molecule has 1 atom stereocenters. The first-order chi connectivity index (χ1) is 14.5. The van der Waals surface area contributed by atoms with Crippen molar-refractivity contribution in [3.63, 3.8) is 0 Å². The fourth-order valence-electron chi connectivity index (χ4n) is 4.85. The topological polar surface area (TPSA) is 40.6 Å². The zero-order valence-corrected chi connectivity index (χ0v) is 18.1. The predicted octanol–water partition coefficient (Wildman–Crippen LogP) is 4.54. The standard InChI is InChI=1S/C26H32N2O2/c1-19(2)16-24(28-18-22-10-6-7-11-23(22)25(28)29)26(30)27-14-12-21(13-15-27)17-20-8-4-3-5-9-20/h3-11,19,21,24H,12-18H2,1-2H3/t24-/m1/s1. The Morgan fingerprint density at radius 1 is 1.00 bits per heavy atom. The Morgan fingerprint density at radius 3 is 2.33 bits per heavy atom. The van der Waals surface area contributed by atoms with E-state index in [1.54, 1.807) is 0 Å². The fraction of sp³-hybridized carbons (Fsp3) is 0.462. The number of rotatable bonds is 6. The van der Waals surface area contributed by atoms with Crippen molar-refractivity contribution in [3.8, 4) is 0 Å². The lowest BCUT2D eigenvalue weighted by Gasteiger charge is -2.37.